The molecule has 0 N–H and O–H groups in total. The average Bonchev–Trinajstić information content (AvgIpc) is 2.92. The molecule has 0 bridgehead atoms. The summed E-state index contributed by atoms with van der Waals surface area (Å²) in [6, 6.07) is 0. The average molecular weight is 249 g/mol. The number of hydrogen-bond acceptors (Lipinski definition) is 3. The van der Waals surface area contributed by atoms with Crippen molar-refractivity contribution in [2.24, 2.45) is 10.9 Å². The highest BCUT2D eigenvalue weighted by Gasteiger charge is 2.41. The Bertz CT molecular complexity index is 329. The van der Waals surface area contributed by atoms with Gasteiger partial charge in [0.05, 0.1) is 0 Å². The van der Waals surface area contributed by atoms with E-state index in [9.17, 15) is 0 Å². The lowest BCUT2D eigenvalue weighted by Gasteiger charge is -2.51. The molecule has 2 heterocycles. The molecule has 102 valence electrons. The molecule has 0 amide bonds. The van der Waals surface area contributed by atoms with E-state index in [-0.39, 0.29) is 0 Å². The zero-order valence-electron chi connectivity index (χ0n) is 12.0. The Morgan fingerprint density at radius 1 is 1.00 bits per heavy atom. The molecular weight excluding hydrogens is 222 g/mol. The summed E-state index contributed by atoms with van der Waals surface area (Å²) in [7, 11) is 0. The van der Waals surface area contributed by atoms with Crippen LogP contribution in [0.2, 0.25) is 0 Å². The number of fused-ring (bicyclic) bond motifs is 1. The number of nitrogens with zero attached hydrogens (tertiary/aromatic N) is 3. The summed E-state index contributed by atoms with van der Waals surface area (Å²) in [6.45, 7) is 9.57. The van der Waals surface area contributed by atoms with Crippen LogP contribution in [-0.4, -0.2) is 47.5 Å². The van der Waals surface area contributed by atoms with E-state index < -0.39 is 0 Å². The van der Waals surface area contributed by atoms with Crippen molar-refractivity contribution in [2.75, 3.05) is 26.2 Å². The third-order valence-electron chi connectivity index (χ3n) is 5.22. The predicted octanol–water partition coefficient (Wildman–Crippen LogP) is 2.72. The maximum Gasteiger partial charge on any atom is 0.197 e. The minimum atomic E-state index is 0.297. The standard InChI is InChI=1S/C15H27N3/c1-15(2,13-7-3-4-8-13)18-12-6-11-17-10-5-9-16-14(17)18/h13H,3-12H2,1-2H3. The molecule has 0 atom stereocenters. The molecule has 2 aliphatic heterocycles. The molecule has 1 saturated heterocycles. The van der Waals surface area contributed by atoms with Gasteiger partial charge in [0, 0.05) is 31.7 Å². The van der Waals surface area contributed by atoms with Gasteiger partial charge in [0.25, 0.3) is 0 Å². The first kappa shape index (κ1) is 12.3. The zero-order valence-corrected chi connectivity index (χ0v) is 12.0. The van der Waals surface area contributed by atoms with Gasteiger partial charge < -0.3 is 9.80 Å². The molecule has 0 aromatic carbocycles. The van der Waals surface area contributed by atoms with Crippen LogP contribution in [0.5, 0.6) is 0 Å². The van der Waals surface area contributed by atoms with Gasteiger partial charge in [-0.25, -0.2) is 0 Å². The van der Waals surface area contributed by atoms with Gasteiger partial charge >= 0.3 is 0 Å². The number of guanidine groups is 1. The maximum absolute atomic E-state index is 4.84. The predicted molar refractivity (Wildman–Crippen MR) is 75.9 cm³/mol. The number of rotatable bonds is 2. The van der Waals surface area contributed by atoms with Gasteiger partial charge in [-0.15, -0.1) is 0 Å². The molecular formula is C15H27N3. The SMILES string of the molecule is CC(C)(C1CCCC1)N1CCCN2CCCN=C21. The van der Waals surface area contributed by atoms with Gasteiger partial charge in [-0.05, 0) is 45.4 Å². The third-order valence-corrected chi connectivity index (χ3v) is 5.22. The summed E-state index contributed by atoms with van der Waals surface area (Å²) in [5.41, 5.74) is 0.297. The molecule has 3 rings (SSSR count). The van der Waals surface area contributed by atoms with E-state index in [1.54, 1.807) is 0 Å². The van der Waals surface area contributed by atoms with Gasteiger partial charge in [0.2, 0.25) is 0 Å². The van der Waals surface area contributed by atoms with E-state index in [0.29, 0.717) is 5.54 Å². The topological polar surface area (TPSA) is 18.8 Å². The second-order valence-electron chi connectivity index (χ2n) is 6.66. The summed E-state index contributed by atoms with van der Waals surface area (Å²) in [5, 5.41) is 0. The Morgan fingerprint density at radius 2 is 1.72 bits per heavy atom. The molecule has 2 fully saturated rings. The first-order valence-electron chi connectivity index (χ1n) is 7.76. The van der Waals surface area contributed by atoms with Crippen LogP contribution in [0.25, 0.3) is 0 Å². The number of hydrogen-bond donors (Lipinski definition) is 0. The van der Waals surface area contributed by atoms with Crippen molar-refractivity contribution < 1.29 is 0 Å². The van der Waals surface area contributed by atoms with E-state index in [0.717, 1.165) is 12.5 Å². The highest BCUT2D eigenvalue weighted by atomic mass is 15.4. The van der Waals surface area contributed by atoms with Crippen molar-refractivity contribution >= 4 is 5.96 Å². The Balaban J connectivity index is 1.82. The second kappa shape index (κ2) is 4.75. The van der Waals surface area contributed by atoms with E-state index >= 15 is 0 Å². The van der Waals surface area contributed by atoms with Crippen molar-refractivity contribution in [3.8, 4) is 0 Å². The lowest BCUT2D eigenvalue weighted by atomic mass is 9.84. The molecule has 3 aliphatic rings. The van der Waals surface area contributed by atoms with Crippen LogP contribution in [0.4, 0.5) is 0 Å². The first-order valence-corrected chi connectivity index (χ1v) is 7.76. The summed E-state index contributed by atoms with van der Waals surface area (Å²) in [4.78, 5) is 9.99. The molecule has 18 heavy (non-hydrogen) atoms. The van der Waals surface area contributed by atoms with Crippen molar-refractivity contribution in [1.29, 1.82) is 0 Å². The minimum Gasteiger partial charge on any atom is -0.343 e. The first-order chi connectivity index (χ1) is 8.69. The zero-order chi connectivity index (χ0) is 12.6. The fourth-order valence-corrected chi connectivity index (χ4v) is 4.03. The molecule has 3 nitrogen and oxygen atoms in total. The second-order valence-corrected chi connectivity index (χ2v) is 6.66. The van der Waals surface area contributed by atoms with Crippen LogP contribution in [0, 0.1) is 5.92 Å². The smallest absolute Gasteiger partial charge is 0.197 e. The summed E-state index contributed by atoms with van der Waals surface area (Å²) in [6.07, 6.45) is 8.22. The maximum atomic E-state index is 4.84. The van der Waals surface area contributed by atoms with Crippen molar-refractivity contribution in [3.63, 3.8) is 0 Å². The van der Waals surface area contributed by atoms with E-state index in [1.807, 2.05) is 0 Å². The van der Waals surface area contributed by atoms with Crippen LogP contribution in [-0.2, 0) is 0 Å². The van der Waals surface area contributed by atoms with Crippen molar-refractivity contribution in [3.05, 3.63) is 0 Å². The van der Waals surface area contributed by atoms with Crippen molar-refractivity contribution in [1.82, 2.24) is 9.80 Å². The highest BCUT2D eigenvalue weighted by molar-refractivity contribution is 5.82. The summed E-state index contributed by atoms with van der Waals surface area (Å²) in [5.74, 6) is 2.17. The molecule has 0 spiro atoms. The molecule has 0 radical (unpaired) electrons. The Morgan fingerprint density at radius 3 is 2.50 bits per heavy atom. The molecule has 0 aromatic rings. The van der Waals surface area contributed by atoms with Gasteiger partial charge in [0.15, 0.2) is 5.96 Å². The van der Waals surface area contributed by atoms with E-state index in [4.69, 9.17) is 4.99 Å². The Kier molecular flexibility index (Phi) is 3.25. The Labute approximate surface area is 111 Å². The quantitative estimate of drug-likeness (QED) is 0.749. The lowest BCUT2D eigenvalue weighted by molar-refractivity contribution is 0.0927. The molecule has 0 unspecified atom stereocenters. The molecule has 0 aromatic heterocycles. The van der Waals surface area contributed by atoms with Gasteiger partial charge in [0.1, 0.15) is 0 Å². The monoisotopic (exact) mass is 249 g/mol. The lowest BCUT2D eigenvalue weighted by Crippen LogP contribution is -2.61. The molecule has 1 aliphatic carbocycles. The molecule has 3 heteroatoms. The van der Waals surface area contributed by atoms with Crippen LogP contribution in [0.15, 0.2) is 4.99 Å². The van der Waals surface area contributed by atoms with Crippen LogP contribution in [0.1, 0.15) is 52.4 Å². The van der Waals surface area contributed by atoms with E-state index in [2.05, 4.69) is 23.6 Å². The fraction of sp³-hybridized carbons (Fsp3) is 0.933. The van der Waals surface area contributed by atoms with Crippen LogP contribution in [0.3, 0.4) is 0 Å². The normalized spacial score (nSPS) is 26.2. The minimum absolute atomic E-state index is 0.297. The highest BCUT2D eigenvalue weighted by Crippen LogP contribution is 2.39. The van der Waals surface area contributed by atoms with Crippen molar-refractivity contribution in [2.45, 2.75) is 57.9 Å². The third kappa shape index (κ3) is 2.02. The fourth-order valence-electron chi connectivity index (χ4n) is 4.03. The van der Waals surface area contributed by atoms with Gasteiger partial charge in [-0.3, -0.25) is 4.99 Å². The largest absolute Gasteiger partial charge is 0.343 e. The van der Waals surface area contributed by atoms with Crippen LogP contribution < -0.4 is 0 Å². The molecule has 1 saturated carbocycles. The van der Waals surface area contributed by atoms with Crippen LogP contribution >= 0.6 is 0 Å². The summed E-state index contributed by atoms with van der Waals surface area (Å²) >= 11 is 0. The van der Waals surface area contributed by atoms with Gasteiger partial charge in [-0.1, -0.05) is 12.8 Å². The Hall–Kier alpha value is -0.730. The van der Waals surface area contributed by atoms with E-state index in [1.165, 1.54) is 64.1 Å². The number of aliphatic imine (C=N–C) groups is 1. The summed E-state index contributed by atoms with van der Waals surface area (Å²) < 4.78 is 0. The van der Waals surface area contributed by atoms with Gasteiger partial charge in [-0.2, -0.15) is 0 Å².